The molecule has 6 heteroatoms. The fraction of sp³-hybridized carbons (Fsp3) is 0.560. The molecule has 5 aliphatic carbocycles. The van der Waals surface area contributed by atoms with Gasteiger partial charge in [0.15, 0.2) is 0 Å². The van der Waals surface area contributed by atoms with Crippen molar-refractivity contribution in [3.63, 3.8) is 0 Å². The Labute approximate surface area is 182 Å². The number of carbonyl (C=O) groups is 3. The Morgan fingerprint density at radius 1 is 0.935 bits per heavy atom. The van der Waals surface area contributed by atoms with Crippen molar-refractivity contribution in [2.75, 3.05) is 12.4 Å². The predicted octanol–water partition coefficient (Wildman–Crippen LogP) is 3.25. The highest BCUT2D eigenvalue weighted by molar-refractivity contribution is 6.06. The zero-order valence-electron chi connectivity index (χ0n) is 17.7. The Kier molecular flexibility index (Phi) is 4.27. The van der Waals surface area contributed by atoms with Crippen LogP contribution in [0, 0.1) is 41.4 Å². The number of nitrogens with one attached hydrogen (secondary N) is 1. The number of hydrogen-bond acceptors (Lipinski definition) is 4. The van der Waals surface area contributed by atoms with Gasteiger partial charge in [-0.2, -0.15) is 0 Å². The van der Waals surface area contributed by atoms with Crippen molar-refractivity contribution >= 4 is 23.4 Å². The molecule has 2 bridgehead atoms. The zero-order valence-corrected chi connectivity index (χ0v) is 17.7. The van der Waals surface area contributed by atoms with Crippen LogP contribution in [0.3, 0.4) is 0 Å². The van der Waals surface area contributed by atoms with E-state index >= 15 is 0 Å². The van der Waals surface area contributed by atoms with Crippen LogP contribution in [-0.4, -0.2) is 35.8 Å². The van der Waals surface area contributed by atoms with E-state index in [-0.39, 0.29) is 53.4 Å². The highest BCUT2D eigenvalue weighted by Gasteiger charge is 2.67. The van der Waals surface area contributed by atoms with Gasteiger partial charge in [0.05, 0.1) is 18.9 Å². The molecule has 3 saturated carbocycles. The van der Waals surface area contributed by atoms with E-state index in [4.69, 9.17) is 4.74 Å². The van der Waals surface area contributed by atoms with E-state index in [1.807, 2.05) is 24.3 Å². The van der Waals surface area contributed by atoms with Crippen LogP contribution in [0.2, 0.25) is 0 Å². The molecule has 6 atom stereocenters. The van der Waals surface area contributed by atoms with E-state index in [0.717, 1.165) is 11.4 Å². The second-order valence-electron chi connectivity index (χ2n) is 9.92. The Morgan fingerprint density at radius 2 is 1.52 bits per heavy atom. The number of anilines is 1. The van der Waals surface area contributed by atoms with E-state index < -0.39 is 0 Å². The van der Waals surface area contributed by atoms with Gasteiger partial charge < -0.3 is 10.1 Å². The number of rotatable bonds is 4. The lowest BCUT2D eigenvalue weighted by atomic mass is 9.63. The molecule has 1 saturated heterocycles. The van der Waals surface area contributed by atoms with Crippen molar-refractivity contribution in [3.8, 4) is 5.75 Å². The van der Waals surface area contributed by atoms with Gasteiger partial charge in [-0.1, -0.05) is 12.2 Å². The maximum Gasteiger partial charge on any atom is 0.233 e. The molecule has 0 spiro atoms. The summed E-state index contributed by atoms with van der Waals surface area (Å²) >= 11 is 0. The smallest absolute Gasteiger partial charge is 0.233 e. The van der Waals surface area contributed by atoms with Crippen molar-refractivity contribution in [3.05, 3.63) is 36.4 Å². The first kappa shape index (κ1) is 19.1. The van der Waals surface area contributed by atoms with Crippen LogP contribution < -0.4 is 10.1 Å². The molecular weight excluding hydrogens is 392 g/mol. The van der Waals surface area contributed by atoms with Gasteiger partial charge in [0.25, 0.3) is 0 Å². The first-order valence-electron chi connectivity index (χ1n) is 11.6. The van der Waals surface area contributed by atoms with Gasteiger partial charge in [-0.15, -0.1) is 0 Å². The maximum atomic E-state index is 13.3. The third-order valence-corrected chi connectivity index (χ3v) is 8.49. The SMILES string of the molecule is COc1ccc(NC(=O)C2CCC(N3C(=O)[C@@H]4[C@H]5C=C[C@@H]([C@@H]6C[C@H]56)[C@H]4C3=O)CC2)cc1. The molecule has 1 N–H and O–H groups in total. The molecule has 4 fully saturated rings. The molecule has 0 unspecified atom stereocenters. The lowest BCUT2D eigenvalue weighted by molar-refractivity contribution is -0.144. The predicted molar refractivity (Wildman–Crippen MR) is 114 cm³/mol. The van der Waals surface area contributed by atoms with Crippen LogP contribution in [0.15, 0.2) is 36.4 Å². The third-order valence-electron chi connectivity index (χ3n) is 8.49. The maximum absolute atomic E-state index is 13.3. The first-order valence-corrected chi connectivity index (χ1v) is 11.6. The van der Waals surface area contributed by atoms with Crippen LogP contribution >= 0.6 is 0 Å². The lowest BCUT2D eigenvalue weighted by Crippen LogP contribution is -2.44. The summed E-state index contributed by atoms with van der Waals surface area (Å²) in [4.78, 5) is 40.9. The summed E-state index contributed by atoms with van der Waals surface area (Å²) in [5.74, 6) is 2.36. The zero-order chi connectivity index (χ0) is 21.3. The average molecular weight is 421 g/mol. The average Bonchev–Trinajstić information content (AvgIpc) is 3.58. The second kappa shape index (κ2) is 6.94. The van der Waals surface area contributed by atoms with E-state index in [1.54, 1.807) is 12.0 Å². The standard InChI is InChI=1S/C25H28N2O4/c1-31-16-8-4-14(5-9-16)26-23(28)13-2-6-15(7-3-13)27-24(29)21-17-10-11-18(20-12-19(17)20)22(21)25(27)30/h4-5,8-11,13,15,17-22H,2-3,6-7,12H2,1H3,(H,26,28)/t13?,15?,17-,18-,19-,20+,21+,22+/m0/s1. The van der Waals surface area contributed by atoms with Crippen LogP contribution in [-0.2, 0) is 14.4 Å². The number of carbonyl (C=O) groups excluding carboxylic acids is 3. The summed E-state index contributed by atoms with van der Waals surface area (Å²) in [5.41, 5.74) is 0.753. The number of methoxy groups -OCH3 is 1. The molecule has 1 aliphatic heterocycles. The number of ether oxygens (including phenoxy) is 1. The minimum absolute atomic E-state index is 0.0127. The van der Waals surface area contributed by atoms with Crippen LogP contribution in [0.5, 0.6) is 5.75 Å². The van der Waals surface area contributed by atoms with Gasteiger partial charge in [0.1, 0.15) is 5.75 Å². The van der Waals surface area contributed by atoms with Crippen molar-refractivity contribution in [2.24, 2.45) is 41.4 Å². The van der Waals surface area contributed by atoms with Crippen LogP contribution in [0.25, 0.3) is 0 Å². The molecule has 1 aromatic carbocycles. The van der Waals surface area contributed by atoms with E-state index in [2.05, 4.69) is 17.5 Å². The van der Waals surface area contributed by atoms with Gasteiger partial charge in [-0.25, -0.2) is 0 Å². The first-order chi connectivity index (χ1) is 15.1. The Morgan fingerprint density at radius 3 is 2.06 bits per heavy atom. The van der Waals surface area contributed by atoms with Gasteiger partial charge in [0, 0.05) is 17.6 Å². The molecule has 0 radical (unpaired) electrons. The lowest BCUT2D eigenvalue weighted by Gasteiger charge is -2.37. The molecule has 31 heavy (non-hydrogen) atoms. The van der Waals surface area contributed by atoms with Gasteiger partial charge in [-0.05, 0) is 80.0 Å². The number of imide groups is 1. The molecule has 6 aliphatic rings. The molecule has 1 heterocycles. The summed E-state index contributed by atoms with van der Waals surface area (Å²) < 4.78 is 5.15. The fourth-order valence-electron chi connectivity index (χ4n) is 6.85. The van der Waals surface area contributed by atoms with Crippen molar-refractivity contribution in [1.82, 2.24) is 4.90 Å². The summed E-state index contributed by atoms with van der Waals surface area (Å²) in [7, 11) is 1.61. The minimum atomic E-state index is -0.123. The van der Waals surface area contributed by atoms with Crippen molar-refractivity contribution in [2.45, 2.75) is 38.1 Å². The Hall–Kier alpha value is -2.63. The molecule has 6 nitrogen and oxygen atoms in total. The topological polar surface area (TPSA) is 75.7 Å². The summed E-state index contributed by atoms with van der Waals surface area (Å²) in [5, 5.41) is 2.98. The fourth-order valence-corrected chi connectivity index (χ4v) is 6.85. The Bertz CT molecular complexity index is 926. The molecular formula is C25H28N2O4. The molecule has 7 rings (SSSR count). The van der Waals surface area contributed by atoms with Crippen molar-refractivity contribution in [1.29, 1.82) is 0 Å². The molecule has 1 aromatic rings. The number of nitrogens with zero attached hydrogens (tertiary/aromatic N) is 1. The third kappa shape index (κ3) is 2.87. The van der Waals surface area contributed by atoms with Gasteiger partial charge in [-0.3, -0.25) is 19.3 Å². The van der Waals surface area contributed by atoms with Crippen molar-refractivity contribution < 1.29 is 19.1 Å². The Balaban J connectivity index is 1.09. The van der Waals surface area contributed by atoms with E-state index in [0.29, 0.717) is 37.5 Å². The summed E-state index contributed by atoms with van der Waals surface area (Å²) in [6.45, 7) is 0. The van der Waals surface area contributed by atoms with Gasteiger partial charge >= 0.3 is 0 Å². The monoisotopic (exact) mass is 420 g/mol. The molecule has 162 valence electrons. The largest absolute Gasteiger partial charge is 0.497 e. The van der Waals surface area contributed by atoms with E-state index in [9.17, 15) is 14.4 Å². The van der Waals surface area contributed by atoms with Crippen LogP contribution in [0.1, 0.15) is 32.1 Å². The molecule has 0 aromatic heterocycles. The number of amides is 3. The quantitative estimate of drug-likeness (QED) is 0.599. The van der Waals surface area contributed by atoms with Crippen LogP contribution in [0.4, 0.5) is 5.69 Å². The number of hydrogen-bond donors (Lipinski definition) is 1. The van der Waals surface area contributed by atoms with E-state index in [1.165, 1.54) is 6.42 Å². The molecule has 3 amide bonds. The highest BCUT2D eigenvalue weighted by Crippen LogP contribution is 2.65. The number of likely N-dealkylation sites (tertiary alicyclic amines) is 1. The van der Waals surface area contributed by atoms with Gasteiger partial charge in [0.2, 0.25) is 17.7 Å². The summed E-state index contributed by atoms with van der Waals surface area (Å²) in [6.07, 6.45) is 8.46. The number of allylic oxidation sites excluding steroid dienone is 2. The normalized spacial score (nSPS) is 39.8. The summed E-state index contributed by atoms with van der Waals surface area (Å²) in [6, 6.07) is 7.26. The number of benzene rings is 1. The minimum Gasteiger partial charge on any atom is -0.497 e. The highest BCUT2D eigenvalue weighted by atomic mass is 16.5. The second-order valence-corrected chi connectivity index (χ2v) is 9.92.